The summed E-state index contributed by atoms with van der Waals surface area (Å²) in [5.74, 6) is 0.326. The van der Waals surface area contributed by atoms with E-state index in [1.807, 2.05) is 36.4 Å². The smallest absolute Gasteiger partial charge is 0.264 e. The molecule has 4 nitrogen and oxygen atoms in total. The van der Waals surface area contributed by atoms with Gasteiger partial charge in [-0.3, -0.25) is 4.31 Å². The lowest BCUT2D eigenvalue weighted by Gasteiger charge is -2.38. The molecule has 3 aromatic carbocycles. The van der Waals surface area contributed by atoms with Crippen LogP contribution in [0.25, 0.3) is 0 Å². The van der Waals surface area contributed by atoms with E-state index in [2.05, 4.69) is 17.5 Å². The fraction of sp³-hybridized carbons (Fsp3) is 0.200. The van der Waals surface area contributed by atoms with Gasteiger partial charge in [-0.15, -0.1) is 0 Å². The van der Waals surface area contributed by atoms with Gasteiger partial charge in [0.15, 0.2) is 0 Å². The standard InChI is InChI=1S/C25H22Cl2N2O2S/c1-29(16-7-3-2-4-8-16)32(30,31)17-13-14-23-21(15-17)18-9-5-10-19(18)25(28-23)20-11-6-12-22(26)24(20)27/h2-9,11-15,18-19,25,28H,10H2,1H3. The van der Waals surface area contributed by atoms with E-state index in [0.29, 0.717) is 15.7 Å². The number of benzene rings is 3. The molecule has 3 atom stereocenters. The Balaban J connectivity index is 1.54. The number of halogens is 2. The van der Waals surface area contributed by atoms with Gasteiger partial charge in [0, 0.05) is 18.7 Å². The number of para-hydroxylation sites is 1. The highest BCUT2D eigenvalue weighted by molar-refractivity contribution is 7.92. The summed E-state index contributed by atoms with van der Waals surface area (Å²) in [6, 6.07) is 20.1. The lowest BCUT2D eigenvalue weighted by atomic mass is 9.77. The van der Waals surface area contributed by atoms with Crippen molar-refractivity contribution in [2.75, 3.05) is 16.7 Å². The molecular weight excluding hydrogens is 463 g/mol. The van der Waals surface area contributed by atoms with Crippen LogP contribution in [0.15, 0.2) is 83.8 Å². The number of allylic oxidation sites excluding steroid dienone is 2. The third-order valence-electron chi connectivity index (χ3n) is 6.43. The molecule has 0 amide bonds. The Labute approximate surface area is 198 Å². The topological polar surface area (TPSA) is 49.4 Å². The molecule has 7 heteroatoms. The normalized spacial score (nSPS) is 21.5. The second-order valence-electron chi connectivity index (χ2n) is 8.18. The molecule has 0 radical (unpaired) electrons. The molecule has 32 heavy (non-hydrogen) atoms. The molecule has 3 aromatic rings. The molecule has 1 heterocycles. The number of sulfonamides is 1. The molecule has 1 aliphatic heterocycles. The number of rotatable bonds is 4. The molecule has 5 rings (SSSR count). The minimum Gasteiger partial charge on any atom is -0.378 e. The summed E-state index contributed by atoms with van der Waals surface area (Å²) >= 11 is 12.8. The molecule has 2 aliphatic rings. The van der Waals surface area contributed by atoms with Crippen LogP contribution in [0.5, 0.6) is 0 Å². The molecular formula is C25H22Cl2N2O2S. The lowest BCUT2D eigenvalue weighted by molar-refractivity contribution is 0.425. The molecule has 0 bridgehead atoms. The van der Waals surface area contributed by atoms with Crippen LogP contribution in [0.4, 0.5) is 11.4 Å². The first-order valence-corrected chi connectivity index (χ1v) is 12.6. The van der Waals surface area contributed by atoms with Crippen molar-refractivity contribution in [2.24, 2.45) is 5.92 Å². The van der Waals surface area contributed by atoms with Crippen molar-refractivity contribution in [3.05, 3.63) is 100 Å². The van der Waals surface area contributed by atoms with E-state index in [9.17, 15) is 8.42 Å². The van der Waals surface area contributed by atoms with Crippen molar-refractivity contribution in [1.29, 1.82) is 0 Å². The minimum absolute atomic E-state index is 0.0110. The van der Waals surface area contributed by atoms with Crippen LogP contribution in [0.2, 0.25) is 10.0 Å². The van der Waals surface area contributed by atoms with E-state index >= 15 is 0 Å². The van der Waals surface area contributed by atoms with Crippen LogP contribution < -0.4 is 9.62 Å². The number of hydrogen-bond donors (Lipinski definition) is 1. The average Bonchev–Trinajstić information content (AvgIpc) is 3.30. The minimum atomic E-state index is -3.69. The Morgan fingerprint density at radius 2 is 1.75 bits per heavy atom. The van der Waals surface area contributed by atoms with Gasteiger partial charge in [-0.1, -0.05) is 65.7 Å². The van der Waals surface area contributed by atoms with E-state index in [-0.39, 0.29) is 22.8 Å². The zero-order valence-corrected chi connectivity index (χ0v) is 19.7. The number of nitrogens with one attached hydrogen (secondary N) is 1. The highest BCUT2D eigenvalue weighted by Gasteiger charge is 2.39. The molecule has 0 saturated carbocycles. The SMILES string of the molecule is CN(c1ccccc1)S(=O)(=O)c1ccc2c(c1)C1C=CCC1C(c1cccc(Cl)c1Cl)N2. The van der Waals surface area contributed by atoms with Crippen LogP contribution in [0, 0.1) is 5.92 Å². The van der Waals surface area contributed by atoms with Gasteiger partial charge < -0.3 is 5.32 Å². The quantitative estimate of drug-likeness (QED) is 0.421. The Bertz CT molecular complexity index is 1310. The molecule has 0 aromatic heterocycles. The number of hydrogen-bond acceptors (Lipinski definition) is 3. The molecule has 1 N–H and O–H groups in total. The number of fused-ring (bicyclic) bond motifs is 3. The average molecular weight is 485 g/mol. The number of nitrogens with zero attached hydrogens (tertiary/aromatic N) is 1. The molecule has 164 valence electrons. The van der Waals surface area contributed by atoms with E-state index in [0.717, 1.165) is 23.2 Å². The predicted octanol–water partition coefficient (Wildman–Crippen LogP) is 6.65. The zero-order valence-electron chi connectivity index (χ0n) is 17.4. The van der Waals surface area contributed by atoms with Gasteiger partial charge in [0.25, 0.3) is 10.0 Å². The van der Waals surface area contributed by atoms with Crippen LogP contribution in [-0.2, 0) is 10.0 Å². The maximum atomic E-state index is 13.3. The highest BCUT2D eigenvalue weighted by Crippen LogP contribution is 2.51. The van der Waals surface area contributed by atoms with Gasteiger partial charge in [0.1, 0.15) is 0 Å². The van der Waals surface area contributed by atoms with Crippen LogP contribution in [-0.4, -0.2) is 15.5 Å². The van der Waals surface area contributed by atoms with Crippen molar-refractivity contribution in [1.82, 2.24) is 0 Å². The van der Waals surface area contributed by atoms with Crippen molar-refractivity contribution >= 4 is 44.6 Å². The monoisotopic (exact) mass is 484 g/mol. The maximum absolute atomic E-state index is 13.3. The van der Waals surface area contributed by atoms with E-state index < -0.39 is 10.0 Å². The van der Waals surface area contributed by atoms with Gasteiger partial charge in [0.05, 0.1) is 26.7 Å². The first-order chi connectivity index (χ1) is 15.4. The third-order valence-corrected chi connectivity index (χ3v) is 9.04. The van der Waals surface area contributed by atoms with E-state index in [1.54, 1.807) is 37.4 Å². The van der Waals surface area contributed by atoms with E-state index in [4.69, 9.17) is 23.2 Å². The van der Waals surface area contributed by atoms with Gasteiger partial charge >= 0.3 is 0 Å². The number of anilines is 2. The lowest BCUT2D eigenvalue weighted by Crippen LogP contribution is -2.30. The summed E-state index contributed by atoms with van der Waals surface area (Å²) in [5.41, 5.74) is 3.49. The molecule has 0 fully saturated rings. The highest BCUT2D eigenvalue weighted by atomic mass is 35.5. The fourth-order valence-electron chi connectivity index (χ4n) is 4.74. The maximum Gasteiger partial charge on any atom is 0.264 e. The summed E-state index contributed by atoms with van der Waals surface area (Å²) in [5, 5.41) is 4.69. The van der Waals surface area contributed by atoms with Gasteiger partial charge in [0.2, 0.25) is 0 Å². The summed E-state index contributed by atoms with van der Waals surface area (Å²) in [7, 11) is -2.11. The summed E-state index contributed by atoms with van der Waals surface area (Å²) in [6.07, 6.45) is 5.22. The van der Waals surface area contributed by atoms with Crippen molar-refractivity contribution < 1.29 is 8.42 Å². The molecule has 3 unspecified atom stereocenters. The van der Waals surface area contributed by atoms with Gasteiger partial charge in [-0.25, -0.2) is 8.42 Å². The van der Waals surface area contributed by atoms with Gasteiger partial charge in [-0.05, 0) is 59.9 Å². The zero-order chi connectivity index (χ0) is 22.5. The first kappa shape index (κ1) is 21.4. The second-order valence-corrected chi connectivity index (χ2v) is 10.9. The summed E-state index contributed by atoms with van der Waals surface area (Å²) < 4.78 is 28.0. The van der Waals surface area contributed by atoms with Crippen LogP contribution in [0.1, 0.15) is 29.5 Å². The van der Waals surface area contributed by atoms with E-state index in [1.165, 1.54) is 4.31 Å². The van der Waals surface area contributed by atoms with Crippen LogP contribution in [0.3, 0.4) is 0 Å². The van der Waals surface area contributed by atoms with Crippen molar-refractivity contribution in [2.45, 2.75) is 23.3 Å². The van der Waals surface area contributed by atoms with Crippen molar-refractivity contribution in [3.63, 3.8) is 0 Å². The first-order valence-electron chi connectivity index (χ1n) is 10.4. The Kier molecular flexibility index (Phi) is 5.44. The summed E-state index contributed by atoms with van der Waals surface area (Å²) in [4.78, 5) is 0.280. The Morgan fingerprint density at radius 3 is 2.53 bits per heavy atom. The fourth-order valence-corrected chi connectivity index (χ4v) is 6.39. The molecule has 0 spiro atoms. The van der Waals surface area contributed by atoms with Gasteiger partial charge in [-0.2, -0.15) is 0 Å². The Morgan fingerprint density at radius 1 is 0.969 bits per heavy atom. The Hall–Kier alpha value is -2.47. The predicted molar refractivity (Wildman–Crippen MR) is 131 cm³/mol. The van der Waals surface area contributed by atoms with Crippen LogP contribution >= 0.6 is 23.2 Å². The third kappa shape index (κ3) is 3.49. The van der Waals surface area contributed by atoms with Crippen molar-refractivity contribution in [3.8, 4) is 0 Å². The molecule has 1 aliphatic carbocycles. The summed E-state index contributed by atoms with van der Waals surface area (Å²) in [6.45, 7) is 0. The largest absolute Gasteiger partial charge is 0.378 e. The second kappa shape index (κ2) is 8.14. The molecule has 0 saturated heterocycles.